The summed E-state index contributed by atoms with van der Waals surface area (Å²) in [7, 11) is 1.51. The second kappa shape index (κ2) is 8.38. The lowest BCUT2D eigenvalue weighted by molar-refractivity contribution is -0.142. The number of nitrogens with zero attached hydrogens (tertiary/aromatic N) is 2. The highest BCUT2D eigenvalue weighted by Crippen LogP contribution is 2.19. The molecule has 114 valence electrons. The van der Waals surface area contributed by atoms with Gasteiger partial charge in [-0.1, -0.05) is 20.8 Å². The predicted octanol–water partition coefficient (Wildman–Crippen LogP) is 1.06. The summed E-state index contributed by atoms with van der Waals surface area (Å²) in [5.41, 5.74) is -0.607. The van der Waals surface area contributed by atoms with Gasteiger partial charge in [0.2, 0.25) is 0 Å². The first-order valence-corrected chi connectivity index (χ1v) is 6.38. The van der Waals surface area contributed by atoms with Crippen LogP contribution in [0, 0.1) is 16.7 Å². The number of methoxy groups -OCH3 is 1. The molecule has 0 heterocycles. The van der Waals surface area contributed by atoms with Crippen LogP contribution in [0.5, 0.6) is 0 Å². The number of ether oxygens (including phenoxy) is 1. The van der Waals surface area contributed by atoms with Crippen LogP contribution in [0.2, 0.25) is 0 Å². The lowest BCUT2D eigenvalue weighted by atomic mass is 9.87. The molecule has 0 radical (unpaired) electrons. The van der Waals surface area contributed by atoms with Gasteiger partial charge in [0.1, 0.15) is 6.04 Å². The van der Waals surface area contributed by atoms with Crippen molar-refractivity contribution in [1.29, 1.82) is 5.26 Å². The number of carboxylic acids is 1. The summed E-state index contributed by atoms with van der Waals surface area (Å²) in [4.78, 5) is 24.7. The number of nitriles is 1. The zero-order chi connectivity index (χ0) is 15.8. The molecule has 1 unspecified atom stereocenters. The highest BCUT2D eigenvalue weighted by Gasteiger charge is 2.33. The van der Waals surface area contributed by atoms with Crippen LogP contribution in [-0.2, 0) is 9.53 Å². The third kappa shape index (κ3) is 6.38. The largest absolute Gasteiger partial charge is 0.480 e. The first-order valence-electron chi connectivity index (χ1n) is 6.38. The molecule has 0 fully saturated rings. The van der Waals surface area contributed by atoms with Crippen molar-refractivity contribution in [3.8, 4) is 6.07 Å². The third-order valence-corrected chi connectivity index (χ3v) is 2.73. The Morgan fingerprint density at radius 2 is 2.00 bits per heavy atom. The maximum absolute atomic E-state index is 12.1. The molecule has 1 atom stereocenters. The first-order chi connectivity index (χ1) is 9.23. The van der Waals surface area contributed by atoms with Crippen LogP contribution in [0.3, 0.4) is 0 Å². The molecular formula is C13H23N3O4. The number of amides is 2. The molecule has 7 nitrogen and oxygen atoms in total. The molecule has 0 aliphatic heterocycles. The maximum atomic E-state index is 12.1. The van der Waals surface area contributed by atoms with Crippen molar-refractivity contribution in [2.45, 2.75) is 33.2 Å². The summed E-state index contributed by atoms with van der Waals surface area (Å²) in [5, 5.41) is 20.3. The van der Waals surface area contributed by atoms with E-state index in [1.54, 1.807) is 20.8 Å². The van der Waals surface area contributed by atoms with Gasteiger partial charge in [0.15, 0.2) is 0 Å². The Hall–Kier alpha value is -1.81. The van der Waals surface area contributed by atoms with Crippen molar-refractivity contribution in [2.75, 3.05) is 26.8 Å². The zero-order valence-electron chi connectivity index (χ0n) is 12.5. The highest BCUT2D eigenvalue weighted by atomic mass is 16.5. The Labute approximate surface area is 119 Å². The average molecular weight is 285 g/mol. The minimum atomic E-state index is -1.09. The second-order valence-electron chi connectivity index (χ2n) is 5.47. The minimum Gasteiger partial charge on any atom is -0.480 e. The zero-order valence-corrected chi connectivity index (χ0v) is 12.5. The number of carbonyl (C=O) groups excluding carboxylic acids is 1. The van der Waals surface area contributed by atoms with Gasteiger partial charge in [-0.15, -0.1) is 0 Å². The average Bonchev–Trinajstić information content (AvgIpc) is 2.34. The van der Waals surface area contributed by atoms with Crippen LogP contribution in [-0.4, -0.2) is 54.9 Å². The standard InChI is InChI=1S/C13H23N3O4/c1-13(2,3)10(11(17)18)15-12(19)16(7-5-6-14)8-9-20-4/h10H,5,7-9H2,1-4H3,(H,15,19)(H,17,18). The van der Waals surface area contributed by atoms with Crippen molar-refractivity contribution < 1.29 is 19.4 Å². The predicted molar refractivity (Wildman–Crippen MR) is 73.1 cm³/mol. The van der Waals surface area contributed by atoms with E-state index in [4.69, 9.17) is 10.00 Å². The lowest BCUT2D eigenvalue weighted by Crippen LogP contribution is -2.53. The van der Waals surface area contributed by atoms with E-state index in [9.17, 15) is 14.7 Å². The number of hydrogen-bond donors (Lipinski definition) is 2. The molecule has 20 heavy (non-hydrogen) atoms. The van der Waals surface area contributed by atoms with Crippen molar-refractivity contribution in [3.63, 3.8) is 0 Å². The van der Waals surface area contributed by atoms with Gasteiger partial charge in [-0.25, -0.2) is 9.59 Å². The van der Waals surface area contributed by atoms with Gasteiger partial charge in [0.05, 0.1) is 19.1 Å². The maximum Gasteiger partial charge on any atom is 0.326 e. The summed E-state index contributed by atoms with van der Waals surface area (Å²) < 4.78 is 4.90. The number of carboxylic acid groups (broad SMARTS) is 1. The molecule has 2 N–H and O–H groups in total. The van der Waals surface area contributed by atoms with E-state index >= 15 is 0 Å². The fraction of sp³-hybridized carbons (Fsp3) is 0.769. The van der Waals surface area contributed by atoms with E-state index in [0.29, 0.717) is 13.2 Å². The number of nitrogens with one attached hydrogen (secondary N) is 1. The van der Waals surface area contributed by atoms with Crippen LogP contribution < -0.4 is 5.32 Å². The third-order valence-electron chi connectivity index (χ3n) is 2.73. The van der Waals surface area contributed by atoms with E-state index in [0.717, 1.165) is 0 Å². The SMILES string of the molecule is COCCN(CCC#N)C(=O)NC(C(=O)O)C(C)(C)C. The molecule has 0 bridgehead atoms. The molecule has 2 amide bonds. The van der Waals surface area contributed by atoms with Gasteiger partial charge in [-0.2, -0.15) is 5.26 Å². The van der Waals surface area contributed by atoms with Crippen molar-refractivity contribution in [1.82, 2.24) is 10.2 Å². The summed E-state index contributed by atoms with van der Waals surface area (Å²) >= 11 is 0. The molecule has 0 aliphatic carbocycles. The Kier molecular flexibility index (Phi) is 7.62. The Balaban J connectivity index is 4.78. The van der Waals surface area contributed by atoms with E-state index < -0.39 is 23.5 Å². The van der Waals surface area contributed by atoms with Gasteiger partial charge >= 0.3 is 12.0 Å². The molecule has 7 heteroatoms. The number of hydrogen-bond acceptors (Lipinski definition) is 4. The van der Waals surface area contributed by atoms with Crippen LogP contribution in [0.15, 0.2) is 0 Å². The molecule has 0 spiro atoms. The number of rotatable bonds is 7. The van der Waals surface area contributed by atoms with Crippen molar-refractivity contribution in [3.05, 3.63) is 0 Å². The molecule has 0 rings (SSSR count). The van der Waals surface area contributed by atoms with Crippen LogP contribution in [0.25, 0.3) is 0 Å². The van der Waals surface area contributed by atoms with Gasteiger partial charge in [-0.3, -0.25) is 0 Å². The van der Waals surface area contributed by atoms with Crippen LogP contribution in [0.1, 0.15) is 27.2 Å². The summed E-state index contributed by atoms with van der Waals surface area (Å²) in [6.45, 7) is 6.08. The number of carbonyl (C=O) groups is 2. The van der Waals surface area contributed by atoms with Crippen molar-refractivity contribution >= 4 is 12.0 Å². The van der Waals surface area contributed by atoms with Gasteiger partial charge in [-0.05, 0) is 5.41 Å². The highest BCUT2D eigenvalue weighted by molar-refractivity contribution is 5.83. The Bertz CT molecular complexity index is 371. The van der Waals surface area contributed by atoms with E-state index in [1.807, 2.05) is 6.07 Å². The normalized spacial score (nSPS) is 12.3. The molecular weight excluding hydrogens is 262 g/mol. The van der Waals surface area contributed by atoms with Crippen molar-refractivity contribution in [2.24, 2.45) is 5.41 Å². The molecule has 0 aromatic carbocycles. The quantitative estimate of drug-likeness (QED) is 0.728. The van der Waals surface area contributed by atoms with Crippen LogP contribution >= 0.6 is 0 Å². The van der Waals surface area contributed by atoms with Gasteiger partial charge < -0.3 is 20.1 Å². The first kappa shape index (κ1) is 18.2. The monoisotopic (exact) mass is 285 g/mol. The van der Waals surface area contributed by atoms with Gasteiger partial charge in [0.25, 0.3) is 0 Å². The number of aliphatic carboxylic acids is 1. The van der Waals surface area contributed by atoms with E-state index in [1.165, 1.54) is 12.0 Å². The fourth-order valence-corrected chi connectivity index (χ4v) is 1.56. The summed E-state index contributed by atoms with van der Waals surface area (Å²) in [6.07, 6.45) is 0.185. The fourth-order valence-electron chi connectivity index (χ4n) is 1.56. The second-order valence-corrected chi connectivity index (χ2v) is 5.47. The minimum absolute atomic E-state index is 0.185. The molecule has 0 aromatic heterocycles. The molecule has 0 saturated heterocycles. The number of urea groups is 1. The molecule has 0 aromatic rings. The van der Waals surface area contributed by atoms with E-state index in [2.05, 4.69) is 5.32 Å². The van der Waals surface area contributed by atoms with Crippen LogP contribution in [0.4, 0.5) is 4.79 Å². The summed E-state index contributed by atoms with van der Waals surface area (Å²) in [5.74, 6) is -1.09. The van der Waals surface area contributed by atoms with E-state index in [-0.39, 0.29) is 13.0 Å². The Morgan fingerprint density at radius 3 is 2.40 bits per heavy atom. The van der Waals surface area contributed by atoms with Gasteiger partial charge in [0, 0.05) is 20.2 Å². The molecule has 0 aliphatic rings. The smallest absolute Gasteiger partial charge is 0.326 e. The lowest BCUT2D eigenvalue weighted by Gasteiger charge is -2.30. The molecule has 0 saturated carbocycles. The summed E-state index contributed by atoms with van der Waals surface area (Å²) in [6, 6.07) is 0.459. The topological polar surface area (TPSA) is 103 Å². The Morgan fingerprint density at radius 1 is 1.40 bits per heavy atom.